The molecule has 13 atom stereocenters. The van der Waals surface area contributed by atoms with Crippen LogP contribution in [0.25, 0.3) is 0 Å². The van der Waals surface area contributed by atoms with Crippen molar-refractivity contribution < 1.29 is 84.7 Å². The summed E-state index contributed by atoms with van der Waals surface area (Å²) in [7, 11) is 0. The first-order valence-electron chi connectivity index (χ1n) is 16.4. The van der Waals surface area contributed by atoms with E-state index in [2.05, 4.69) is 6.92 Å². The minimum absolute atomic E-state index is 0.0186. The van der Waals surface area contributed by atoms with E-state index in [0.29, 0.717) is 6.42 Å². The molecule has 3 fully saturated rings. The van der Waals surface area contributed by atoms with Crippen LogP contribution < -0.4 is 0 Å². The topological polar surface area (TPSA) is 286 Å². The molecule has 0 spiro atoms. The Morgan fingerprint density at radius 1 is 0.787 bits per heavy atom. The van der Waals surface area contributed by atoms with Crippen molar-refractivity contribution in [1.29, 1.82) is 0 Å². The molecule has 0 aliphatic carbocycles. The standard InChI is InChI=1S/C18H34O6.C12H22O11/c1-2-3-4-5-6-7-8-9-10-11-16(21)23-13-15(20)18-17(22)14(19)12-24-18;13-1-4-6(16)8(18)9(19)11(21-4)23-12(3-15)10(20)7(17)5(2-14)22-12/h14-15,17-20,22H,2-13H2,1H3;4-11,13-20H,1-3H2/t14-,15+,17+,18+;4-,5-,6-,7-,8+,9-,10+,11-,12+/m01/s1. The average molecular weight is 689 g/mol. The highest BCUT2D eigenvalue weighted by molar-refractivity contribution is 5.69. The van der Waals surface area contributed by atoms with Crippen LogP contribution in [0.1, 0.15) is 71.1 Å². The molecule has 3 aliphatic rings. The molecule has 11 N–H and O–H groups in total. The molecule has 0 radical (unpaired) electrons. The molecule has 0 saturated carbocycles. The monoisotopic (exact) mass is 688 g/mol. The first-order chi connectivity index (χ1) is 22.4. The highest BCUT2D eigenvalue weighted by Crippen LogP contribution is 2.36. The first-order valence-corrected chi connectivity index (χ1v) is 16.4. The van der Waals surface area contributed by atoms with Gasteiger partial charge in [0.1, 0.15) is 80.4 Å². The summed E-state index contributed by atoms with van der Waals surface area (Å²) in [4.78, 5) is 11.6. The second kappa shape index (κ2) is 21.2. The lowest BCUT2D eigenvalue weighted by Gasteiger charge is -2.43. The van der Waals surface area contributed by atoms with Gasteiger partial charge in [-0.2, -0.15) is 0 Å². The van der Waals surface area contributed by atoms with Crippen molar-refractivity contribution in [2.45, 2.75) is 150 Å². The first kappa shape index (κ1) is 42.0. The van der Waals surface area contributed by atoms with Gasteiger partial charge in [-0.3, -0.25) is 4.79 Å². The van der Waals surface area contributed by atoms with E-state index in [9.17, 15) is 50.8 Å². The van der Waals surface area contributed by atoms with Gasteiger partial charge in [0.2, 0.25) is 5.79 Å². The van der Waals surface area contributed by atoms with E-state index >= 15 is 0 Å². The number of unbranched alkanes of at least 4 members (excludes halogenated alkanes) is 8. The van der Waals surface area contributed by atoms with Crippen LogP contribution in [0.3, 0.4) is 0 Å². The molecule has 47 heavy (non-hydrogen) atoms. The van der Waals surface area contributed by atoms with E-state index in [1.165, 1.54) is 38.5 Å². The third-order valence-corrected chi connectivity index (χ3v) is 8.54. The number of rotatable bonds is 18. The zero-order valence-corrected chi connectivity index (χ0v) is 26.9. The Kier molecular flexibility index (Phi) is 18.9. The zero-order chi connectivity index (χ0) is 35.1. The predicted octanol–water partition coefficient (Wildman–Crippen LogP) is -3.46. The third-order valence-electron chi connectivity index (χ3n) is 8.54. The van der Waals surface area contributed by atoms with Gasteiger partial charge in [-0.15, -0.1) is 0 Å². The molecule has 0 unspecified atom stereocenters. The Balaban J connectivity index is 0.000000327. The van der Waals surface area contributed by atoms with Crippen LogP contribution in [0.5, 0.6) is 0 Å². The van der Waals surface area contributed by atoms with Crippen LogP contribution in [-0.2, 0) is 28.5 Å². The number of hydrogen-bond acceptors (Lipinski definition) is 17. The van der Waals surface area contributed by atoms with Gasteiger partial charge < -0.3 is 79.9 Å². The second-order valence-electron chi connectivity index (χ2n) is 12.2. The van der Waals surface area contributed by atoms with Crippen LogP contribution in [0.4, 0.5) is 0 Å². The SMILES string of the molecule is CCCCCCCCCCCC(=O)OC[C@@H](O)[C@H]1OC[C@H](O)[C@H]1O.OC[C@H]1O[C@@](CO)(O[C@H]2O[C@H](CO)[C@@H](O)[C@H](O)[C@H]2O)[C@@H](O)[C@@H]1O. The van der Waals surface area contributed by atoms with Crippen molar-refractivity contribution >= 4 is 5.97 Å². The number of carbonyl (C=O) groups is 1. The van der Waals surface area contributed by atoms with Crippen molar-refractivity contribution in [1.82, 2.24) is 0 Å². The molecule has 0 aromatic heterocycles. The van der Waals surface area contributed by atoms with Gasteiger partial charge in [-0.25, -0.2) is 0 Å². The quantitative estimate of drug-likeness (QED) is 0.0493. The minimum Gasteiger partial charge on any atom is -0.463 e. The number of ether oxygens (including phenoxy) is 5. The fourth-order valence-corrected chi connectivity index (χ4v) is 5.52. The van der Waals surface area contributed by atoms with Crippen molar-refractivity contribution in [2.75, 3.05) is 33.0 Å². The number of hydrogen-bond donors (Lipinski definition) is 11. The number of aliphatic hydroxyl groups excluding tert-OH is 11. The Labute approximate surface area is 274 Å². The summed E-state index contributed by atoms with van der Waals surface area (Å²) < 4.78 is 25.5. The van der Waals surface area contributed by atoms with Gasteiger partial charge in [0, 0.05) is 6.42 Å². The van der Waals surface area contributed by atoms with E-state index in [0.717, 1.165) is 19.3 Å². The van der Waals surface area contributed by atoms with E-state index in [4.69, 9.17) is 33.9 Å². The average Bonchev–Trinajstić information content (AvgIpc) is 3.53. The number of esters is 1. The highest BCUT2D eigenvalue weighted by atomic mass is 16.8. The molecular weight excluding hydrogens is 632 g/mol. The van der Waals surface area contributed by atoms with Gasteiger partial charge in [-0.1, -0.05) is 58.3 Å². The van der Waals surface area contributed by atoms with Gasteiger partial charge in [0.25, 0.3) is 0 Å². The molecule has 278 valence electrons. The lowest BCUT2D eigenvalue weighted by atomic mass is 9.99. The van der Waals surface area contributed by atoms with Crippen molar-refractivity contribution in [3.8, 4) is 0 Å². The van der Waals surface area contributed by atoms with E-state index in [1.807, 2.05) is 0 Å². The molecule has 3 rings (SSSR count). The molecule has 17 nitrogen and oxygen atoms in total. The Hall–Kier alpha value is -1.13. The molecule has 3 saturated heterocycles. The summed E-state index contributed by atoms with van der Waals surface area (Å²) >= 11 is 0. The Bertz CT molecular complexity index is 866. The summed E-state index contributed by atoms with van der Waals surface area (Å²) in [5.41, 5.74) is 0. The largest absolute Gasteiger partial charge is 0.463 e. The van der Waals surface area contributed by atoms with Gasteiger partial charge in [0.05, 0.1) is 19.8 Å². The Morgan fingerprint density at radius 2 is 1.38 bits per heavy atom. The number of aliphatic hydroxyl groups is 11. The van der Waals surface area contributed by atoms with E-state index in [1.54, 1.807) is 0 Å². The zero-order valence-electron chi connectivity index (χ0n) is 26.9. The summed E-state index contributed by atoms with van der Waals surface area (Å²) in [5, 5.41) is 105. The fraction of sp³-hybridized carbons (Fsp3) is 0.967. The summed E-state index contributed by atoms with van der Waals surface area (Å²) in [6.07, 6.45) is -5.82. The lowest BCUT2D eigenvalue weighted by Crippen LogP contribution is -2.62. The van der Waals surface area contributed by atoms with Crippen LogP contribution in [0.15, 0.2) is 0 Å². The second-order valence-corrected chi connectivity index (χ2v) is 12.2. The Morgan fingerprint density at radius 3 is 1.89 bits per heavy atom. The summed E-state index contributed by atoms with van der Waals surface area (Å²) in [6, 6.07) is 0. The van der Waals surface area contributed by atoms with Crippen LogP contribution >= 0.6 is 0 Å². The third kappa shape index (κ3) is 12.0. The molecule has 0 aromatic rings. The minimum atomic E-state index is -2.22. The highest BCUT2D eigenvalue weighted by Gasteiger charge is 2.58. The maximum atomic E-state index is 11.6. The van der Waals surface area contributed by atoms with Gasteiger partial charge in [-0.05, 0) is 6.42 Å². The summed E-state index contributed by atoms with van der Waals surface area (Å²) in [6.45, 7) is -0.346. The molecule has 0 aromatic carbocycles. The lowest BCUT2D eigenvalue weighted by molar-refractivity contribution is -0.383. The smallest absolute Gasteiger partial charge is 0.305 e. The molecular formula is C30H56O17. The predicted molar refractivity (Wildman–Crippen MR) is 159 cm³/mol. The molecule has 3 aliphatic heterocycles. The van der Waals surface area contributed by atoms with Crippen molar-refractivity contribution in [3.63, 3.8) is 0 Å². The van der Waals surface area contributed by atoms with Gasteiger partial charge in [0.15, 0.2) is 6.29 Å². The van der Waals surface area contributed by atoms with E-state index < -0.39 is 99.0 Å². The van der Waals surface area contributed by atoms with Crippen LogP contribution in [-0.4, -0.2) is 174 Å². The van der Waals surface area contributed by atoms with Crippen molar-refractivity contribution in [2.24, 2.45) is 0 Å². The fourth-order valence-electron chi connectivity index (χ4n) is 5.52. The van der Waals surface area contributed by atoms with Gasteiger partial charge >= 0.3 is 5.97 Å². The van der Waals surface area contributed by atoms with Crippen LogP contribution in [0.2, 0.25) is 0 Å². The molecule has 3 heterocycles. The summed E-state index contributed by atoms with van der Waals surface area (Å²) in [5.74, 6) is -2.56. The number of carbonyl (C=O) groups excluding carboxylic acids is 1. The van der Waals surface area contributed by atoms with E-state index in [-0.39, 0.29) is 19.2 Å². The van der Waals surface area contributed by atoms with Crippen molar-refractivity contribution in [3.05, 3.63) is 0 Å². The molecule has 0 amide bonds. The maximum absolute atomic E-state index is 11.6. The van der Waals surface area contributed by atoms with Crippen LogP contribution in [0, 0.1) is 0 Å². The maximum Gasteiger partial charge on any atom is 0.305 e. The molecule has 0 bridgehead atoms. The normalized spacial score (nSPS) is 37.7. The molecule has 17 heteroatoms.